The van der Waals surface area contributed by atoms with Gasteiger partial charge in [-0.3, -0.25) is 33.6 Å². The lowest BCUT2D eigenvalue weighted by Gasteiger charge is -2.40. The van der Waals surface area contributed by atoms with Crippen LogP contribution in [0.2, 0.25) is 18.1 Å². The van der Waals surface area contributed by atoms with E-state index >= 15 is 0 Å². The first-order chi connectivity index (χ1) is 33.4. The van der Waals surface area contributed by atoms with Gasteiger partial charge in [0.15, 0.2) is 48.5 Å². The first-order valence-corrected chi connectivity index (χ1v) is 29.4. The smallest absolute Gasteiger partial charge is 0.259 e. The van der Waals surface area contributed by atoms with Crippen molar-refractivity contribution in [3.63, 3.8) is 0 Å². The summed E-state index contributed by atoms with van der Waals surface area (Å²) in [6.45, 7) is 25.0. The van der Waals surface area contributed by atoms with Crippen LogP contribution in [0.3, 0.4) is 0 Å². The number of anilines is 2. The summed E-state index contributed by atoms with van der Waals surface area (Å²) in [7, 11) is -2.39. The fourth-order valence-corrected chi connectivity index (χ4v) is 12.1. The summed E-state index contributed by atoms with van der Waals surface area (Å²) in [5.41, 5.74) is 2.78. The van der Waals surface area contributed by atoms with E-state index in [0.717, 1.165) is 0 Å². The lowest BCUT2D eigenvalue weighted by Crippen LogP contribution is -2.47. The quantitative estimate of drug-likeness (QED) is 0.0482. The number of rotatable bonds is 18. The van der Waals surface area contributed by atoms with Gasteiger partial charge in [-0.15, -0.1) is 13.2 Å². The molecule has 2 N–H and O–H groups in total. The maximum absolute atomic E-state index is 13.8. The molecule has 2 aliphatic heterocycles. The van der Waals surface area contributed by atoms with E-state index in [1.165, 1.54) is 17.6 Å². The van der Waals surface area contributed by atoms with E-state index in [2.05, 4.69) is 84.0 Å². The number of amides is 2. The van der Waals surface area contributed by atoms with E-state index in [9.17, 15) is 14.7 Å². The average Bonchev–Trinajstić information content (AvgIpc) is 4.12. The van der Waals surface area contributed by atoms with E-state index in [-0.39, 0.29) is 55.0 Å². The third-order valence-electron chi connectivity index (χ3n) is 13.6. The molecule has 0 spiro atoms. The molecule has 0 bridgehead atoms. The van der Waals surface area contributed by atoms with E-state index in [1.807, 2.05) is 42.4 Å². The molecule has 4 aromatic heterocycles. The largest absolute Gasteiger partial charge is 0.409 e. The molecule has 18 nitrogen and oxygen atoms in total. The van der Waals surface area contributed by atoms with E-state index in [1.54, 1.807) is 70.7 Å². The Hall–Kier alpha value is -5.41. The first-order valence-electron chi connectivity index (χ1n) is 23.3. The normalized spacial score (nSPS) is 23.6. The molecular formula is C49H62N11O7PSSi. The van der Waals surface area contributed by atoms with Gasteiger partial charge in [0, 0.05) is 48.8 Å². The van der Waals surface area contributed by atoms with E-state index in [4.69, 9.17) is 35.2 Å². The molecule has 0 saturated carbocycles. The Bertz CT molecular complexity index is 2900. The lowest BCUT2D eigenvalue weighted by atomic mass is 10.00. The minimum atomic E-state index is -2.80. The number of carbonyl (C=O) groups is 2. The van der Waals surface area contributed by atoms with Gasteiger partial charge in [-0.1, -0.05) is 95.0 Å². The van der Waals surface area contributed by atoms with Gasteiger partial charge in [0.25, 0.3) is 11.8 Å². The van der Waals surface area contributed by atoms with Crippen molar-refractivity contribution in [3.05, 3.63) is 122 Å². The van der Waals surface area contributed by atoms with Crippen LogP contribution in [0.5, 0.6) is 0 Å². The number of benzene rings is 2. The Morgan fingerprint density at radius 2 is 1.29 bits per heavy atom. The number of aliphatic hydroxyl groups is 1. The summed E-state index contributed by atoms with van der Waals surface area (Å²) in [4.78, 5) is 58.4. The molecule has 70 heavy (non-hydrogen) atoms. The minimum Gasteiger partial charge on any atom is -0.409 e. The number of fused-ring (bicyclic) bond motifs is 2. The second kappa shape index (κ2) is 20.7. The zero-order valence-corrected chi connectivity index (χ0v) is 43.5. The SMILES string of the molecule is C=CCN(C(=O)c1ccccc1)c1ncnc2c1ncn2[C@@H]1O[C@H](CO)[C@@H](NP(C)(=S)OC[C@H]2O[C@@H](n3cnc4c(N(CC=C)C(=O)c5ccccc5)ncnc43)[C@H](O[Si](C)(C)C(C)(C)C)[C@@H]2C)[C@H]1C. The number of ether oxygens (including phenoxy) is 2. The molecule has 370 valence electrons. The molecule has 6 aromatic rings. The van der Waals surface area contributed by atoms with Gasteiger partial charge in [0.2, 0.25) is 0 Å². The molecular weight excluding hydrogens is 946 g/mol. The molecule has 9 atom stereocenters. The second-order valence-electron chi connectivity index (χ2n) is 19.4. The van der Waals surface area contributed by atoms with Gasteiger partial charge >= 0.3 is 0 Å². The predicted molar refractivity (Wildman–Crippen MR) is 276 cm³/mol. The number of imidazole rings is 2. The van der Waals surface area contributed by atoms with Crippen molar-refractivity contribution in [3.8, 4) is 0 Å². The molecule has 1 unspecified atom stereocenters. The summed E-state index contributed by atoms with van der Waals surface area (Å²) in [6, 6.07) is 17.5. The predicted octanol–water partition coefficient (Wildman–Crippen LogP) is 7.70. The van der Waals surface area contributed by atoms with Gasteiger partial charge in [0.05, 0.1) is 44.2 Å². The van der Waals surface area contributed by atoms with Crippen LogP contribution in [0.1, 0.15) is 67.8 Å². The summed E-state index contributed by atoms with van der Waals surface area (Å²) in [6.07, 6.45) is 3.77. The molecule has 0 aliphatic carbocycles. The maximum Gasteiger partial charge on any atom is 0.259 e. The third-order valence-corrected chi connectivity index (χ3v) is 20.1. The highest BCUT2D eigenvalue weighted by Crippen LogP contribution is 2.48. The number of nitrogens with one attached hydrogen (secondary N) is 1. The van der Waals surface area contributed by atoms with Crippen LogP contribution < -0.4 is 14.9 Å². The standard InChI is InChI=1S/C49H62N11O7PSSi/c1-11-23-57(45(62)33-19-15-13-16-20-33)41-38-43(52-27-50-41)59(29-54-38)47-32(4)37(35(25-61)65-47)56-68(8,69)64-26-36-31(3)40(67-70(9,10)49(5,6)7)48(66-36)60-30-55-39-42(51-28-53-44(39)60)58(24-12-2)46(63)34-21-17-14-18-22-34/h11-22,27-32,35-37,40,47-48,61H,1-2,23-26H2,3-10H3,(H,56,69)/t31-,32-,35-,36-,37+,40-,47-,48-,68?/m1/s1. The molecule has 2 aromatic carbocycles. The van der Waals surface area contributed by atoms with Gasteiger partial charge in [-0.25, -0.2) is 29.9 Å². The molecule has 2 amide bonds. The summed E-state index contributed by atoms with van der Waals surface area (Å²) < 4.78 is 31.0. The topological polar surface area (TPSA) is 197 Å². The zero-order valence-electron chi connectivity index (χ0n) is 40.8. The zero-order chi connectivity index (χ0) is 50.1. The molecule has 8 rings (SSSR count). The van der Waals surface area contributed by atoms with E-state index in [0.29, 0.717) is 45.1 Å². The van der Waals surface area contributed by atoms with E-state index < -0.39 is 51.5 Å². The van der Waals surface area contributed by atoms with Crippen LogP contribution >= 0.6 is 6.42 Å². The summed E-state index contributed by atoms with van der Waals surface area (Å²) >= 11 is 6.22. The Labute approximate surface area is 414 Å². The summed E-state index contributed by atoms with van der Waals surface area (Å²) in [5.74, 6) is -0.242. The fraction of sp³-hybridized carbons (Fsp3) is 0.429. The Morgan fingerprint density at radius 3 is 1.76 bits per heavy atom. The van der Waals surface area contributed by atoms with Crippen LogP contribution in [-0.4, -0.2) is 122 Å². The van der Waals surface area contributed by atoms with Gasteiger partial charge in [-0.2, -0.15) is 0 Å². The molecule has 6 heterocycles. The number of hydrogen-bond donors (Lipinski definition) is 2. The van der Waals surface area contributed by atoms with Crippen LogP contribution in [0.25, 0.3) is 22.3 Å². The fourth-order valence-electron chi connectivity index (χ4n) is 8.76. The van der Waals surface area contributed by atoms with Crippen molar-refractivity contribution in [1.82, 2.24) is 44.1 Å². The van der Waals surface area contributed by atoms with Crippen molar-refractivity contribution in [2.24, 2.45) is 11.8 Å². The number of nitrogens with zero attached hydrogens (tertiary/aromatic N) is 10. The van der Waals surface area contributed by atoms with Gasteiger partial charge in [-0.05, 0) is 42.4 Å². The monoisotopic (exact) mass is 1010 g/mol. The summed E-state index contributed by atoms with van der Waals surface area (Å²) in [5, 5.41) is 14.2. The Morgan fingerprint density at radius 1 is 0.800 bits per heavy atom. The molecule has 2 fully saturated rings. The number of aromatic nitrogens is 8. The van der Waals surface area contributed by atoms with Crippen molar-refractivity contribution >= 4 is 72.3 Å². The highest BCUT2D eigenvalue weighted by atomic mass is 32.4. The molecule has 2 saturated heterocycles. The first kappa shape index (κ1) is 51.0. The highest BCUT2D eigenvalue weighted by molar-refractivity contribution is 8.11. The van der Waals surface area contributed by atoms with Crippen molar-refractivity contribution in [2.45, 2.75) is 89.6 Å². The van der Waals surface area contributed by atoms with Crippen LogP contribution in [0, 0.1) is 11.8 Å². The maximum atomic E-state index is 13.8. The second-order valence-corrected chi connectivity index (χ2v) is 28.4. The number of carbonyl (C=O) groups excluding carboxylic acids is 2. The number of hydrogen-bond acceptors (Lipinski definition) is 14. The van der Waals surface area contributed by atoms with Crippen LogP contribution in [-0.2, 0) is 30.2 Å². The minimum absolute atomic E-state index is 0.109. The average molecular weight is 1010 g/mol. The highest BCUT2D eigenvalue weighted by Gasteiger charge is 2.50. The Kier molecular flexibility index (Phi) is 15.1. The molecule has 21 heteroatoms. The van der Waals surface area contributed by atoms with Crippen molar-refractivity contribution in [1.29, 1.82) is 0 Å². The Balaban J connectivity index is 1.02. The molecule has 0 radical (unpaired) electrons. The third kappa shape index (κ3) is 10.1. The van der Waals surface area contributed by atoms with Crippen LogP contribution in [0.4, 0.5) is 11.6 Å². The van der Waals surface area contributed by atoms with Crippen molar-refractivity contribution in [2.75, 3.05) is 42.8 Å². The van der Waals surface area contributed by atoms with Crippen LogP contribution in [0.15, 0.2) is 111 Å². The molecule has 2 aliphatic rings. The van der Waals surface area contributed by atoms with Gasteiger partial charge < -0.3 is 23.5 Å². The van der Waals surface area contributed by atoms with Gasteiger partial charge in [0.1, 0.15) is 25.3 Å². The number of aliphatic hydroxyl groups excluding tert-OH is 1. The lowest BCUT2D eigenvalue weighted by molar-refractivity contribution is -0.0428. The van der Waals surface area contributed by atoms with Crippen molar-refractivity contribution < 1.29 is 33.1 Å².